The number of pyridine rings is 1. The number of fused-ring (bicyclic) bond motifs is 1. The Morgan fingerprint density at radius 2 is 2.12 bits per heavy atom. The van der Waals surface area contributed by atoms with Crippen molar-refractivity contribution in [2.45, 2.75) is 59.9 Å². The lowest BCUT2D eigenvalue weighted by Crippen LogP contribution is -2.11. The lowest BCUT2D eigenvalue weighted by atomic mass is 10.1. The summed E-state index contributed by atoms with van der Waals surface area (Å²) in [5, 5.41) is 10.2. The summed E-state index contributed by atoms with van der Waals surface area (Å²) in [5.41, 5.74) is 5.15. The molecule has 2 rings (SSSR count). The number of hydrogen-bond donors (Lipinski definition) is 1. The summed E-state index contributed by atoms with van der Waals surface area (Å²) in [6, 6.07) is 0. The van der Waals surface area contributed by atoms with E-state index in [1.165, 1.54) is 11.1 Å². The number of H-pyrrole nitrogens is 1. The van der Waals surface area contributed by atoms with Crippen molar-refractivity contribution in [3.8, 4) is 5.75 Å². The van der Waals surface area contributed by atoms with Crippen LogP contribution in [0.5, 0.6) is 5.75 Å². The molecule has 4 heteroatoms. The van der Waals surface area contributed by atoms with E-state index in [1.807, 2.05) is 13.1 Å². The quantitative estimate of drug-likeness (QED) is 0.451. The van der Waals surface area contributed by atoms with Gasteiger partial charge in [0.15, 0.2) is 18.2 Å². The molecule has 2 heterocycles. The number of aromatic nitrogens is 1. The van der Waals surface area contributed by atoms with Crippen LogP contribution in [0.15, 0.2) is 29.5 Å². The Hall–Kier alpha value is -1.65. The number of aromatic hydroxyl groups is 1. The molecule has 0 bridgehead atoms. The van der Waals surface area contributed by atoms with Crippen LogP contribution in [0, 0.1) is 14.4 Å². The van der Waals surface area contributed by atoms with Crippen LogP contribution >= 0.6 is 0 Å². The van der Waals surface area contributed by atoms with Gasteiger partial charge in [-0.25, -0.2) is 4.98 Å². The zero-order chi connectivity index (χ0) is 16.8. The Morgan fingerprint density at radius 3 is 2.83 bits per heavy atom. The molecule has 0 radical (unpaired) electrons. The van der Waals surface area contributed by atoms with E-state index >= 15 is 0 Å². The van der Waals surface area contributed by atoms with Crippen molar-refractivity contribution in [2.24, 2.45) is 0 Å². The molecular weight excluding hydrogens is 302 g/mol. The first-order chi connectivity index (χ1) is 11.0. The Labute approximate surface area is 146 Å². The highest BCUT2D eigenvalue weighted by molar-refractivity contribution is 5.40. The SMILES string of the molecule is CC(C)=CCCC/C(C)=C/COC1OCc2c[nH+]c(C)c(O)c21.[CH3-]. The largest absolute Gasteiger partial charge is 0.502 e. The van der Waals surface area contributed by atoms with Crippen LogP contribution in [-0.2, 0) is 16.1 Å². The molecule has 0 saturated carbocycles. The van der Waals surface area contributed by atoms with Gasteiger partial charge < -0.3 is 22.0 Å². The lowest BCUT2D eigenvalue weighted by molar-refractivity contribution is -0.389. The summed E-state index contributed by atoms with van der Waals surface area (Å²) in [6.45, 7) is 9.19. The van der Waals surface area contributed by atoms with E-state index in [2.05, 4.69) is 37.9 Å². The van der Waals surface area contributed by atoms with Crippen molar-refractivity contribution in [1.29, 1.82) is 0 Å². The summed E-state index contributed by atoms with van der Waals surface area (Å²) in [6.07, 6.45) is 9.13. The van der Waals surface area contributed by atoms with Crippen molar-refractivity contribution in [3.63, 3.8) is 0 Å². The first kappa shape index (κ1) is 20.4. The zero-order valence-corrected chi connectivity index (χ0v) is 15.6. The normalized spacial score (nSPS) is 16.5. The summed E-state index contributed by atoms with van der Waals surface area (Å²) in [5.74, 6) is 0.243. The maximum atomic E-state index is 10.2. The maximum Gasteiger partial charge on any atom is 0.219 e. The summed E-state index contributed by atoms with van der Waals surface area (Å²) >= 11 is 0. The van der Waals surface area contributed by atoms with E-state index in [9.17, 15) is 5.11 Å². The number of ether oxygens (including phenoxy) is 2. The minimum absolute atomic E-state index is 0. The predicted molar refractivity (Wildman–Crippen MR) is 96.3 cm³/mol. The van der Waals surface area contributed by atoms with Gasteiger partial charge in [0.1, 0.15) is 0 Å². The smallest absolute Gasteiger partial charge is 0.219 e. The van der Waals surface area contributed by atoms with Gasteiger partial charge in [-0.3, -0.25) is 0 Å². The Balaban J connectivity index is 0.00000288. The number of nitrogens with one attached hydrogen (secondary N) is 1. The first-order valence-electron chi connectivity index (χ1n) is 8.24. The summed E-state index contributed by atoms with van der Waals surface area (Å²) < 4.78 is 11.4. The van der Waals surface area contributed by atoms with Gasteiger partial charge in [-0.05, 0) is 40.0 Å². The van der Waals surface area contributed by atoms with Gasteiger partial charge in [0.2, 0.25) is 5.69 Å². The maximum absolute atomic E-state index is 10.2. The number of allylic oxidation sites excluding steroid dienone is 3. The third kappa shape index (κ3) is 5.46. The van der Waals surface area contributed by atoms with Crippen LogP contribution in [0.3, 0.4) is 0 Å². The molecule has 1 aromatic rings. The van der Waals surface area contributed by atoms with Crippen molar-refractivity contribution >= 4 is 0 Å². The highest BCUT2D eigenvalue weighted by atomic mass is 16.7. The summed E-state index contributed by atoms with van der Waals surface area (Å²) in [4.78, 5) is 3.03. The van der Waals surface area contributed by atoms with Crippen LogP contribution < -0.4 is 4.98 Å². The molecule has 1 atom stereocenters. The van der Waals surface area contributed by atoms with Gasteiger partial charge in [0.05, 0.1) is 24.3 Å². The number of aryl methyl sites for hydroxylation is 1. The Kier molecular flexibility index (Phi) is 8.16. The molecule has 24 heavy (non-hydrogen) atoms. The van der Waals surface area contributed by atoms with Crippen molar-refractivity contribution in [1.82, 2.24) is 0 Å². The topological polar surface area (TPSA) is 52.8 Å². The van der Waals surface area contributed by atoms with Crippen LogP contribution in [0.25, 0.3) is 0 Å². The van der Waals surface area contributed by atoms with Gasteiger partial charge >= 0.3 is 0 Å². The van der Waals surface area contributed by atoms with Gasteiger partial charge in [-0.2, -0.15) is 0 Å². The molecular formula is C20H31NO3. The standard InChI is InChI=1S/C19H27NO3.CH3/c1-13(2)7-5-6-8-14(3)9-10-22-19-17-16(12-23-19)11-20-15(4)18(17)21;/h7,9,11,19,21H,5-6,8,10,12H2,1-4H3;1H3/q;-1/p+1/b14-9+;. The number of unbranched alkanes of at least 4 members (excludes halogenated alkanes) is 1. The Morgan fingerprint density at radius 1 is 1.38 bits per heavy atom. The van der Waals surface area contributed by atoms with Gasteiger partial charge in [0, 0.05) is 6.92 Å². The molecule has 134 valence electrons. The number of hydrogen-bond acceptors (Lipinski definition) is 3. The average molecular weight is 333 g/mol. The van der Waals surface area contributed by atoms with Crippen LogP contribution in [0.1, 0.15) is 63.1 Å². The molecule has 1 aromatic heterocycles. The second-order valence-electron chi connectivity index (χ2n) is 6.40. The zero-order valence-electron chi connectivity index (χ0n) is 15.6. The van der Waals surface area contributed by atoms with Crippen molar-refractivity contribution < 1.29 is 19.6 Å². The van der Waals surface area contributed by atoms with E-state index in [1.54, 1.807) is 0 Å². The fraction of sp³-hybridized carbons (Fsp3) is 0.500. The highest BCUT2D eigenvalue weighted by Crippen LogP contribution is 2.37. The molecule has 0 aromatic carbocycles. The van der Waals surface area contributed by atoms with E-state index in [0.717, 1.165) is 36.1 Å². The van der Waals surface area contributed by atoms with E-state index in [-0.39, 0.29) is 13.2 Å². The molecule has 4 nitrogen and oxygen atoms in total. The molecule has 0 aliphatic carbocycles. The fourth-order valence-electron chi connectivity index (χ4n) is 2.61. The molecule has 1 unspecified atom stereocenters. The molecule has 0 spiro atoms. The Bertz CT molecular complexity index is 601. The molecule has 2 N–H and O–H groups in total. The average Bonchev–Trinajstić information content (AvgIpc) is 2.91. The van der Waals surface area contributed by atoms with Crippen LogP contribution in [0.2, 0.25) is 0 Å². The third-order valence-electron chi connectivity index (χ3n) is 4.05. The molecule has 0 saturated heterocycles. The van der Waals surface area contributed by atoms with Crippen molar-refractivity contribution in [2.75, 3.05) is 6.61 Å². The van der Waals surface area contributed by atoms with E-state index in [4.69, 9.17) is 9.47 Å². The van der Waals surface area contributed by atoms with Gasteiger partial charge in [-0.15, -0.1) is 0 Å². The van der Waals surface area contributed by atoms with E-state index < -0.39 is 6.29 Å². The number of rotatable bonds is 7. The monoisotopic (exact) mass is 333 g/mol. The minimum Gasteiger partial charge on any atom is -0.502 e. The molecule has 0 amide bonds. The number of aromatic amines is 1. The third-order valence-corrected chi connectivity index (χ3v) is 4.05. The predicted octanol–water partition coefficient (Wildman–Crippen LogP) is 4.59. The van der Waals surface area contributed by atoms with Gasteiger partial charge in [-0.1, -0.05) is 23.3 Å². The fourth-order valence-corrected chi connectivity index (χ4v) is 2.61. The molecule has 1 aliphatic heterocycles. The van der Waals surface area contributed by atoms with E-state index in [0.29, 0.717) is 13.2 Å². The minimum atomic E-state index is -0.479. The second kappa shape index (κ2) is 9.60. The van der Waals surface area contributed by atoms with Crippen molar-refractivity contribution in [3.05, 3.63) is 53.7 Å². The molecule has 1 aliphatic rings. The second-order valence-corrected chi connectivity index (χ2v) is 6.40. The van der Waals surface area contributed by atoms with Crippen LogP contribution in [0.4, 0.5) is 0 Å². The first-order valence-corrected chi connectivity index (χ1v) is 8.24. The summed E-state index contributed by atoms with van der Waals surface area (Å²) in [7, 11) is 0. The van der Waals surface area contributed by atoms with Crippen LogP contribution in [-0.4, -0.2) is 11.7 Å². The lowest BCUT2D eigenvalue weighted by Gasteiger charge is -2.12. The van der Waals surface area contributed by atoms with Gasteiger partial charge in [0.25, 0.3) is 0 Å². The molecule has 0 fully saturated rings. The highest BCUT2D eigenvalue weighted by Gasteiger charge is 2.31.